The molecule has 0 saturated carbocycles. The summed E-state index contributed by atoms with van der Waals surface area (Å²) in [6.45, 7) is 0. The van der Waals surface area contributed by atoms with Gasteiger partial charge in [0.25, 0.3) is 0 Å². The van der Waals surface area contributed by atoms with E-state index in [1.165, 1.54) is 11.4 Å². The molecule has 1 fully saturated rings. The first-order chi connectivity index (χ1) is 4.14. The molecule has 0 amide bonds. The van der Waals surface area contributed by atoms with Gasteiger partial charge in [0.2, 0.25) is 0 Å². The van der Waals surface area contributed by atoms with Crippen molar-refractivity contribution in [1.82, 2.24) is 0 Å². The highest BCUT2D eigenvalue weighted by Crippen LogP contribution is 2.61. The molecule has 0 aromatic heterocycles. The van der Waals surface area contributed by atoms with E-state index in [4.69, 9.17) is 18.2 Å². The molecule has 2 unspecified atom stereocenters. The minimum Gasteiger partial charge on any atom is -0.357 e. The van der Waals surface area contributed by atoms with Crippen LogP contribution in [-0.2, 0) is 11.8 Å². The van der Waals surface area contributed by atoms with E-state index in [-0.39, 0.29) is 5.92 Å². The van der Waals surface area contributed by atoms with Gasteiger partial charge in [-0.1, -0.05) is 23.2 Å². The third-order valence-electron chi connectivity index (χ3n) is 1.16. The lowest BCUT2D eigenvalue weighted by molar-refractivity contribution is 0.634. The zero-order chi connectivity index (χ0) is 6.91. The summed E-state index contributed by atoms with van der Waals surface area (Å²) < 4.78 is 0. The van der Waals surface area contributed by atoms with Crippen LogP contribution in [0.1, 0.15) is 0 Å². The lowest BCUT2D eigenvalue weighted by Gasteiger charge is -2.01. The monoisotopic (exact) mass is 178 g/mol. The molecule has 0 aromatic rings. The van der Waals surface area contributed by atoms with Crippen LogP contribution in [0.2, 0.25) is 0 Å². The van der Waals surface area contributed by atoms with Crippen LogP contribution >= 0.6 is 16.8 Å². The largest absolute Gasteiger partial charge is 0.357 e. The van der Waals surface area contributed by atoms with E-state index in [9.17, 15) is 4.89 Å². The normalized spacial score (nSPS) is 42.4. The number of hydrogen-bond acceptors (Lipinski definition) is 2. The Hall–Kier alpha value is 0.520. The summed E-state index contributed by atoms with van der Waals surface area (Å²) in [6.07, 6.45) is 5.82. The standard InChI is InChI=1S/C5H7OPS2/c1-2-5-3-7(6,8)9-4-5/h1,5H,3-4H2,(H,6,8). The number of terminal acetylenes is 1. The molecular weight excluding hydrogens is 171 g/mol. The molecule has 1 aliphatic heterocycles. The molecule has 4 heteroatoms. The summed E-state index contributed by atoms with van der Waals surface area (Å²) in [7, 11) is 0. The fourth-order valence-corrected chi connectivity index (χ4v) is 5.57. The first-order valence-corrected chi connectivity index (χ1v) is 7.09. The molecule has 0 aromatic carbocycles. The highest BCUT2D eigenvalue weighted by Gasteiger charge is 2.27. The third kappa shape index (κ3) is 1.98. The first-order valence-electron chi connectivity index (χ1n) is 2.56. The van der Waals surface area contributed by atoms with Crippen molar-refractivity contribution >= 4 is 28.7 Å². The third-order valence-corrected chi connectivity index (χ3v) is 6.52. The van der Waals surface area contributed by atoms with Crippen molar-refractivity contribution in [2.75, 3.05) is 11.9 Å². The van der Waals surface area contributed by atoms with Gasteiger partial charge >= 0.3 is 0 Å². The smallest absolute Gasteiger partial charge is 0.118 e. The minimum atomic E-state index is -2.01. The Morgan fingerprint density at radius 2 is 2.56 bits per heavy atom. The van der Waals surface area contributed by atoms with Gasteiger partial charge in [0, 0.05) is 17.8 Å². The van der Waals surface area contributed by atoms with Gasteiger partial charge in [0.05, 0.1) is 0 Å². The van der Waals surface area contributed by atoms with Crippen LogP contribution in [-0.4, -0.2) is 16.8 Å². The van der Waals surface area contributed by atoms with Crippen molar-refractivity contribution in [2.45, 2.75) is 0 Å². The van der Waals surface area contributed by atoms with Crippen LogP contribution in [0.3, 0.4) is 0 Å². The average Bonchev–Trinajstić information content (AvgIpc) is 2.10. The van der Waals surface area contributed by atoms with Gasteiger partial charge in [0.1, 0.15) is 5.47 Å². The predicted molar refractivity (Wildman–Crippen MR) is 46.2 cm³/mol. The van der Waals surface area contributed by atoms with Gasteiger partial charge in [-0.15, -0.1) is 12.3 Å². The van der Waals surface area contributed by atoms with E-state index >= 15 is 0 Å². The molecule has 1 nitrogen and oxygen atoms in total. The van der Waals surface area contributed by atoms with Crippen molar-refractivity contribution in [3.05, 3.63) is 0 Å². The maximum absolute atomic E-state index is 9.29. The molecule has 0 radical (unpaired) electrons. The minimum absolute atomic E-state index is 0.228. The van der Waals surface area contributed by atoms with E-state index in [1.807, 2.05) is 0 Å². The fraction of sp³-hybridized carbons (Fsp3) is 0.600. The SMILES string of the molecule is C#CC1CSP(O)(=S)C1. The van der Waals surface area contributed by atoms with Gasteiger partial charge in [-0.2, -0.15) is 0 Å². The lowest BCUT2D eigenvalue weighted by atomic mass is 10.2. The van der Waals surface area contributed by atoms with Gasteiger partial charge in [-0.3, -0.25) is 0 Å². The molecule has 50 valence electrons. The molecule has 1 rings (SSSR count). The molecule has 2 atom stereocenters. The molecule has 0 aliphatic carbocycles. The van der Waals surface area contributed by atoms with Gasteiger partial charge in [-0.25, -0.2) is 0 Å². The van der Waals surface area contributed by atoms with Gasteiger partial charge in [-0.05, 0) is 0 Å². The van der Waals surface area contributed by atoms with Crippen LogP contribution < -0.4 is 0 Å². The van der Waals surface area contributed by atoms with Crippen LogP contribution in [0.15, 0.2) is 0 Å². The quantitative estimate of drug-likeness (QED) is 0.446. The summed E-state index contributed by atoms with van der Waals surface area (Å²) in [5, 5.41) is 0. The van der Waals surface area contributed by atoms with Crippen molar-refractivity contribution in [1.29, 1.82) is 0 Å². The van der Waals surface area contributed by atoms with Gasteiger partial charge < -0.3 is 4.89 Å². The second-order valence-corrected chi connectivity index (χ2v) is 9.30. The Kier molecular flexibility index (Phi) is 2.23. The summed E-state index contributed by atoms with van der Waals surface area (Å²) in [4.78, 5) is 9.29. The maximum Gasteiger partial charge on any atom is 0.118 e. The second kappa shape index (κ2) is 2.64. The molecule has 0 bridgehead atoms. The summed E-state index contributed by atoms with van der Waals surface area (Å²) in [6, 6.07) is 0. The molecule has 1 aliphatic rings. The summed E-state index contributed by atoms with van der Waals surface area (Å²) in [5.41, 5.74) is -2.01. The van der Waals surface area contributed by atoms with Crippen molar-refractivity contribution < 1.29 is 4.89 Å². The van der Waals surface area contributed by atoms with Crippen LogP contribution in [0.5, 0.6) is 0 Å². The predicted octanol–water partition coefficient (Wildman–Crippen LogP) is 1.28. The first kappa shape index (κ1) is 7.63. The Morgan fingerprint density at radius 1 is 1.89 bits per heavy atom. The zero-order valence-corrected chi connectivity index (χ0v) is 7.31. The Labute approximate surface area is 64.1 Å². The zero-order valence-electron chi connectivity index (χ0n) is 4.78. The maximum atomic E-state index is 9.29. The van der Waals surface area contributed by atoms with E-state index in [1.54, 1.807) is 0 Å². The van der Waals surface area contributed by atoms with Crippen molar-refractivity contribution in [3.63, 3.8) is 0 Å². The van der Waals surface area contributed by atoms with Crippen LogP contribution in [0.25, 0.3) is 0 Å². The van der Waals surface area contributed by atoms with Crippen molar-refractivity contribution in [2.24, 2.45) is 5.92 Å². The van der Waals surface area contributed by atoms with E-state index in [0.717, 1.165) is 5.75 Å². The average molecular weight is 178 g/mol. The van der Waals surface area contributed by atoms with Gasteiger partial charge in [0.15, 0.2) is 0 Å². The number of hydrogen-bond donors (Lipinski definition) is 1. The molecule has 1 saturated heterocycles. The molecule has 1 N–H and O–H groups in total. The molecular formula is C5H7OPS2. The highest BCUT2D eigenvalue weighted by atomic mass is 32.9. The molecule has 9 heavy (non-hydrogen) atoms. The number of rotatable bonds is 0. The Bertz CT molecular complexity index is 196. The second-order valence-electron chi connectivity index (χ2n) is 1.98. The summed E-state index contributed by atoms with van der Waals surface area (Å²) in [5.74, 6) is 3.68. The van der Waals surface area contributed by atoms with E-state index < -0.39 is 5.47 Å². The van der Waals surface area contributed by atoms with Crippen LogP contribution in [0, 0.1) is 18.3 Å². The molecule has 1 heterocycles. The fourth-order valence-electron chi connectivity index (χ4n) is 0.691. The van der Waals surface area contributed by atoms with Crippen LogP contribution in [0.4, 0.5) is 0 Å². The Balaban J connectivity index is 2.60. The topological polar surface area (TPSA) is 20.2 Å². The Morgan fingerprint density at radius 3 is 2.78 bits per heavy atom. The molecule has 0 spiro atoms. The van der Waals surface area contributed by atoms with Crippen molar-refractivity contribution in [3.8, 4) is 12.3 Å². The lowest BCUT2D eigenvalue weighted by Crippen LogP contribution is -1.95. The van der Waals surface area contributed by atoms with E-state index in [0.29, 0.717) is 6.16 Å². The highest BCUT2D eigenvalue weighted by molar-refractivity contribution is 8.69. The summed E-state index contributed by atoms with van der Waals surface area (Å²) >= 11 is 6.36. The van der Waals surface area contributed by atoms with E-state index in [2.05, 4.69) is 5.92 Å².